The summed E-state index contributed by atoms with van der Waals surface area (Å²) in [4.78, 5) is 24.2. The van der Waals surface area contributed by atoms with E-state index in [1.165, 1.54) is 11.8 Å². The summed E-state index contributed by atoms with van der Waals surface area (Å²) in [5.41, 5.74) is 3.22. The largest absolute Gasteiger partial charge is 0.497 e. The van der Waals surface area contributed by atoms with Crippen LogP contribution in [0.15, 0.2) is 56.8 Å². The number of aromatic nitrogens is 2. The van der Waals surface area contributed by atoms with Crippen molar-refractivity contribution in [3.8, 4) is 11.4 Å². The molecule has 0 aliphatic rings. The van der Waals surface area contributed by atoms with E-state index >= 15 is 0 Å². The number of carbonyl (C=O) groups excluding carboxylic acids is 1. The van der Waals surface area contributed by atoms with Gasteiger partial charge >= 0.3 is 10.7 Å². The standard InChI is InChI=1S/C20H21N3O4S/c1-13-4-9-17(14(2)12-13)21-18(24)10-11-28-19-20(25)27-22-23(19)15-5-7-16(26-3)8-6-15/h4-9,12H,10-11H2,1-3H3,(H-,21,22,24,25)/p+1. The van der Waals surface area contributed by atoms with Gasteiger partial charge in [-0.15, -0.1) is 0 Å². The van der Waals surface area contributed by atoms with E-state index in [0.29, 0.717) is 16.5 Å². The van der Waals surface area contributed by atoms with Gasteiger partial charge in [0.2, 0.25) is 11.6 Å². The molecule has 1 heterocycles. The van der Waals surface area contributed by atoms with E-state index in [4.69, 9.17) is 9.26 Å². The summed E-state index contributed by atoms with van der Waals surface area (Å²) in [5, 5.41) is 5.87. The summed E-state index contributed by atoms with van der Waals surface area (Å²) in [5.74, 6) is 1.05. The van der Waals surface area contributed by atoms with Crippen LogP contribution in [-0.4, -0.2) is 24.0 Å². The molecule has 0 fully saturated rings. The van der Waals surface area contributed by atoms with Crippen molar-refractivity contribution in [1.29, 1.82) is 0 Å². The van der Waals surface area contributed by atoms with E-state index in [1.54, 1.807) is 36.1 Å². The number of anilines is 1. The maximum Gasteiger partial charge on any atom is 0.442 e. The molecule has 2 aromatic carbocycles. The molecule has 8 heteroatoms. The molecule has 1 amide bonds. The topological polar surface area (TPSA) is 88.2 Å². The Hall–Kier alpha value is -3.00. The Labute approximate surface area is 166 Å². The molecule has 7 nitrogen and oxygen atoms in total. The third-order valence-electron chi connectivity index (χ3n) is 4.16. The number of H-pyrrole nitrogens is 1. The van der Waals surface area contributed by atoms with Gasteiger partial charge in [0.25, 0.3) is 0 Å². The number of ether oxygens (including phenoxy) is 1. The average molecular weight is 400 g/mol. The number of nitrogens with one attached hydrogen (secondary N) is 2. The monoisotopic (exact) mass is 400 g/mol. The van der Waals surface area contributed by atoms with Crippen molar-refractivity contribution in [2.75, 3.05) is 18.2 Å². The van der Waals surface area contributed by atoms with Gasteiger partial charge in [0.1, 0.15) is 5.75 Å². The number of rotatable bonds is 7. The Morgan fingerprint density at radius 1 is 1.21 bits per heavy atom. The number of hydrogen-bond donors (Lipinski definition) is 2. The lowest BCUT2D eigenvalue weighted by Crippen LogP contribution is -2.36. The number of hydrogen-bond acceptors (Lipinski definition) is 5. The number of thioether (sulfide) groups is 1. The molecular formula is C20H22N3O4S+. The molecule has 0 aliphatic carbocycles. The van der Waals surface area contributed by atoms with Crippen molar-refractivity contribution in [3.63, 3.8) is 0 Å². The third kappa shape index (κ3) is 4.64. The first-order valence-electron chi connectivity index (χ1n) is 8.76. The highest BCUT2D eigenvalue weighted by Gasteiger charge is 2.24. The van der Waals surface area contributed by atoms with Crippen LogP contribution in [0.3, 0.4) is 0 Å². The zero-order chi connectivity index (χ0) is 20.1. The Balaban J connectivity index is 1.62. The molecule has 2 N–H and O–H groups in total. The van der Waals surface area contributed by atoms with Crippen LogP contribution in [0.1, 0.15) is 17.5 Å². The Kier molecular flexibility index (Phi) is 6.20. The van der Waals surface area contributed by atoms with E-state index in [9.17, 15) is 9.59 Å². The van der Waals surface area contributed by atoms with Gasteiger partial charge in [0.15, 0.2) is 0 Å². The van der Waals surface area contributed by atoms with Crippen LogP contribution in [-0.2, 0) is 4.79 Å². The summed E-state index contributed by atoms with van der Waals surface area (Å²) >= 11 is 1.26. The van der Waals surface area contributed by atoms with Crippen LogP contribution < -0.4 is 20.4 Å². The van der Waals surface area contributed by atoms with Gasteiger partial charge in [-0.3, -0.25) is 9.32 Å². The smallest absolute Gasteiger partial charge is 0.442 e. The molecule has 3 aromatic rings. The lowest BCUT2D eigenvalue weighted by Gasteiger charge is -2.08. The minimum absolute atomic E-state index is 0.102. The number of nitrogens with zero attached hydrogens (tertiary/aromatic N) is 1. The molecule has 0 radical (unpaired) electrons. The lowest BCUT2D eigenvalue weighted by molar-refractivity contribution is -0.704. The summed E-state index contributed by atoms with van der Waals surface area (Å²) in [7, 11) is 1.59. The zero-order valence-corrected chi connectivity index (χ0v) is 16.8. The predicted molar refractivity (Wildman–Crippen MR) is 107 cm³/mol. The molecule has 0 bridgehead atoms. The van der Waals surface area contributed by atoms with Gasteiger partial charge in [0.05, 0.1) is 7.11 Å². The highest BCUT2D eigenvalue weighted by atomic mass is 32.2. The Bertz CT molecular complexity index is 1020. The highest BCUT2D eigenvalue weighted by Crippen LogP contribution is 2.18. The van der Waals surface area contributed by atoms with Gasteiger partial charge < -0.3 is 10.1 Å². The molecule has 0 saturated heterocycles. The Morgan fingerprint density at radius 3 is 2.64 bits per heavy atom. The van der Waals surface area contributed by atoms with Gasteiger partial charge in [0, 0.05) is 30.0 Å². The molecule has 146 valence electrons. The molecule has 0 unspecified atom stereocenters. The van der Waals surface area contributed by atoms with E-state index < -0.39 is 5.63 Å². The summed E-state index contributed by atoms with van der Waals surface area (Å²) in [6, 6.07) is 13.1. The first-order valence-corrected chi connectivity index (χ1v) is 9.74. The maximum atomic E-state index is 12.2. The fraction of sp³-hybridized carbons (Fsp3) is 0.250. The number of aromatic amines is 1. The second-order valence-electron chi connectivity index (χ2n) is 6.28. The van der Waals surface area contributed by atoms with E-state index in [-0.39, 0.29) is 12.3 Å². The number of methoxy groups -OCH3 is 1. The Morgan fingerprint density at radius 2 is 1.96 bits per heavy atom. The molecule has 0 spiro atoms. The quantitative estimate of drug-likeness (QED) is 0.470. The maximum absolute atomic E-state index is 12.2. The fourth-order valence-corrected chi connectivity index (χ4v) is 3.61. The second-order valence-corrected chi connectivity index (χ2v) is 7.37. The van der Waals surface area contributed by atoms with E-state index in [0.717, 1.165) is 22.5 Å². The normalized spacial score (nSPS) is 10.7. The summed E-state index contributed by atoms with van der Waals surface area (Å²) in [6.45, 7) is 3.97. The van der Waals surface area contributed by atoms with Crippen molar-refractivity contribution in [2.24, 2.45) is 0 Å². The number of amides is 1. The SMILES string of the molecule is COc1ccc(-[n+]2[nH]oc(=O)c2SCCC(=O)Nc2ccc(C)cc2C)cc1. The van der Waals surface area contributed by atoms with Crippen LogP contribution in [0.4, 0.5) is 5.69 Å². The predicted octanol–water partition coefficient (Wildman–Crippen LogP) is 2.99. The van der Waals surface area contributed by atoms with Gasteiger partial charge in [-0.25, -0.2) is 4.79 Å². The lowest BCUT2D eigenvalue weighted by atomic mass is 10.1. The van der Waals surface area contributed by atoms with Crippen molar-refractivity contribution in [1.82, 2.24) is 5.27 Å². The molecule has 3 rings (SSSR count). The minimum Gasteiger partial charge on any atom is -0.497 e. The molecule has 1 aromatic heterocycles. The zero-order valence-electron chi connectivity index (χ0n) is 15.9. The molecular weight excluding hydrogens is 378 g/mol. The second kappa shape index (κ2) is 8.79. The van der Waals surface area contributed by atoms with E-state index in [1.807, 2.05) is 32.0 Å². The molecule has 0 saturated carbocycles. The van der Waals surface area contributed by atoms with Crippen molar-refractivity contribution in [3.05, 3.63) is 64.0 Å². The average Bonchev–Trinajstić information content (AvgIpc) is 3.05. The highest BCUT2D eigenvalue weighted by molar-refractivity contribution is 7.99. The first kappa shape index (κ1) is 19.8. The van der Waals surface area contributed by atoms with Crippen LogP contribution in [0.5, 0.6) is 5.75 Å². The van der Waals surface area contributed by atoms with Crippen LogP contribution in [0.25, 0.3) is 5.69 Å². The van der Waals surface area contributed by atoms with E-state index in [2.05, 4.69) is 10.6 Å². The number of carbonyl (C=O) groups is 1. The van der Waals surface area contributed by atoms with Crippen LogP contribution in [0, 0.1) is 13.8 Å². The van der Waals surface area contributed by atoms with Gasteiger partial charge in [-0.2, -0.15) is 0 Å². The summed E-state index contributed by atoms with van der Waals surface area (Å²) in [6.07, 6.45) is 0.269. The fourth-order valence-electron chi connectivity index (χ4n) is 2.70. The molecule has 0 aliphatic heterocycles. The summed E-state index contributed by atoms with van der Waals surface area (Å²) < 4.78 is 11.6. The van der Waals surface area contributed by atoms with Crippen molar-refractivity contribution >= 4 is 23.4 Å². The van der Waals surface area contributed by atoms with Crippen molar-refractivity contribution in [2.45, 2.75) is 25.3 Å². The van der Waals surface area contributed by atoms with Crippen LogP contribution in [0.2, 0.25) is 0 Å². The van der Waals surface area contributed by atoms with Gasteiger partial charge in [-0.05, 0) is 59.3 Å². The third-order valence-corrected chi connectivity index (χ3v) is 5.19. The molecule has 28 heavy (non-hydrogen) atoms. The first-order chi connectivity index (χ1) is 13.5. The minimum atomic E-state index is -0.476. The molecule has 0 atom stereocenters. The number of aryl methyl sites for hydroxylation is 2. The van der Waals surface area contributed by atoms with Gasteiger partial charge in [-0.1, -0.05) is 17.7 Å². The van der Waals surface area contributed by atoms with Crippen LogP contribution >= 0.6 is 11.8 Å². The number of benzene rings is 2. The van der Waals surface area contributed by atoms with Crippen molar-refractivity contribution < 1.29 is 18.7 Å².